The summed E-state index contributed by atoms with van der Waals surface area (Å²) in [7, 11) is 0. The van der Waals surface area contributed by atoms with Crippen LogP contribution in [0.5, 0.6) is 0 Å². The van der Waals surface area contributed by atoms with E-state index in [4.69, 9.17) is 0 Å². The van der Waals surface area contributed by atoms with Gasteiger partial charge >= 0.3 is 6.09 Å². The Morgan fingerprint density at radius 3 is 2.71 bits per heavy atom. The first-order chi connectivity index (χ1) is 11.2. The lowest BCUT2D eigenvalue weighted by Crippen LogP contribution is -2.39. The van der Waals surface area contributed by atoms with Crippen LogP contribution in [-0.2, 0) is 12.1 Å². The van der Waals surface area contributed by atoms with Crippen LogP contribution in [0.3, 0.4) is 0 Å². The van der Waals surface area contributed by atoms with Gasteiger partial charge in [0.2, 0.25) is 0 Å². The second-order valence-electron chi connectivity index (χ2n) is 5.93. The SMILES string of the molecule is CC1(C)c2[nH]nc(NC(=O)c3ccc(F)cc3F)c2CN1C(=O)O. The maximum Gasteiger partial charge on any atom is 0.408 e. The van der Waals surface area contributed by atoms with Crippen molar-refractivity contribution in [3.05, 3.63) is 46.7 Å². The Hall–Kier alpha value is -2.97. The third-order valence-corrected chi connectivity index (χ3v) is 4.11. The third-order valence-electron chi connectivity index (χ3n) is 4.11. The standard InChI is InChI=1S/C15H14F2N4O3/c1-15(2)11-9(6-21(15)14(23)24)12(20-19-11)18-13(22)8-4-3-7(16)5-10(8)17/h3-5H,6H2,1-2H3,(H,23,24)(H2,18,19,20,22). The zero-order valence-corrected chi connectivity index (χ0v) is 12.9. The molecule has 126 valence electrons. The van der Waals surface area contributed by atoms with Gasteiger partial charge in [0, 0.05) is 11.6 Å². The molecule has 0 unspecified atom stereocenters. The quantitative estimate of drug-likeness (QED) is 0.785. The van der Waals surface area contributed by atoms with E-state index in [9.17, 15) is 23.5 Å². The van der Waals surface area contributed by atoms with Crippen molar-refractivity contribution in [3.63, 3.8) is 0 Å². The fraction of sp³-hybridized carbons (Fsp3) is 0.267. The van der Waals surface area contributed by atoms with Crippen molar-refractivity contribution in [3.8, 4) is 0 Å². The van der Waals surface area contributed by atoms with Crippen LogP contribution in [0.25, 0.3) is 0 Å². The second kappa shape index (κ2) is 5.29. The van der Waals surface area contributed by atoms with Crippen LogP contribution in [-0.4, -0.2) is 32.2 Å². The minimum Gasteiger partial charge on any atom is -0.465 e. The number of benzene rings is 1. The Morgan fingerprint density at radius 1 is 1.38 bits per heavy atom. The second-order valence-corrected chi connectivity index (χ2v) is 5.93. The number of nitrogens with zero attached hydrogens (tertiary/aromatic N) is 2. The summed E-state index contributed by atoms with van der Waals surface area (Å²) in [6.45, 7) is 3.45. The van der Waals surface area contributed by atoms with Crippen LogP contribution in [0.15, 0.2) is 18.2 Å². The highest BCUT2D eigenvalue weighted by molar-refractivity contribution is 6.04. The summed E-state index contributed by atoms with van der Waals surface area (Å²) in [5, 5.41) is 18.4. The van der Waals surface area contributed by atoms with Gasteiger partial charge < -0.3 is 10.4 Å². The molecule has 9 heteroatoms. The normalized spacial score (nSPS) is 15.2. The van der Waals surface area contributed by atoms with Crippen molar-refractivity contribution in [1.29, 1.82) is 0 Å². The lowest BCUT2D eigenvalue weighted by Gasteiger charge is -2.28. The number of hydrogen-bond acceptors (Lipinski definition) is 3. The van der Waals surface area contributed by atoms with E-state index in [1.165, 1.54) is 4.90 Å². The van der Waals surface area contributed by atoms with Crippen molar-refractivity contribution in [2.24, 2.45) is 0 Å². The first-order valence-corrected chi connectivity index (χ1v) is 7.06. The largest absolute Gasteiger partial charge is 0.465 e. The molecule has 1 aliphatic rings. The molecule has 2 heterocycles. The number of aromatic nitrogens is 2. The molecule has 0 spiro atoms. The van der Waals surface area contributed by atoms with Crippen LogP contribution in [0, 0.1) is 11.6 Å². The van der Waals surface area contributed by atoms with Crippen molar-refractivity contribution in [2.45, 2.75) is 25.9 Å². The smallest absolute Gasteiger partial charge is 0.408 e. The Bertz CT molecular complexity index is 847. The molecule has 0 atom stereocenters. The molecule has 3 rings (SSSR count). The molecule has 0 aliphatic carbocycles. The highest BCUT2D eigenvalue weighted by Crippen LogP contribution is 2.40. The van der Waals surface area contributed by atoms with E-state index < -0.39 is 29.2 Å². The van der Waals surface area contributed by atoms with Gasteiger partial charge in [-0.1, -0.05) is 0 Å². The number of fused-ring (bicyclic) bond motifs is 1. The number of rotatable bonds is 2. The number of carboxylic acid groups (broad SMARTS) is 1. The van der Waals surface area contributed by atoms with Crippen LogP contribution in [0.4, 0.5) is 19.4 Å². The van der Waals surface area contributed by atoms with E-state index in [2.05, 4.69) is 15.5 Å². The highest BCUT2D eigenvalue weighted by Gasteiger charge is 2.44. The molecule has 2 aromatic rings. The Kier molecular flexibility index (Phi) is 3.51. The summed E-state index contributed by atoms with van der Waals surface area (Å²) < 4.78 is 26.6. The number of amides is 2. The molecular formula is C15H14F2N4O3. The average molecular weight is 336 g/mol. The first kappa shape index (κ1) is 15.9. The molecule has 7 nitrogen and oxygen atoms in total. The van der Waals surface area contributed by atoms with Gasteiger partial charge in [0.25, 0.3) is 5.91 Å². The summed E-state index contributed by atoms with van der Waals surface area (Å²) in [5.74, 6) is -2.46. The van der Waals surface area contributed by atoms with E-state index in [0.717, 1.165) is 12.1 Å². The molecule has 1 aromatic carbocycles. The number of halogens is 2. The summed E-state index contributed by atoms with van der Waals surface area (Å²) in [6, 6.07) is 2.61. The predicted octanol–water partition coefficient (Wildman–Crippen LogP) is 2.67. The molecular weight excluding hydrogens is 322 g/mol. The maximum absolute atomic E-state index is 13.7. The molecule has 0 saturated heterocycles. The van der Waals surface area contributed by atoms with Gasteiger partial charge in [0.05, 0.1) is 23.3 Å². The van der Waals surface area contributed by atoms with Crippen LogP contribution >= 0.6 is 0 Å². The topological polar surface area (TPSA) is 98.3 Å². The molecule has 2 amide bonds. The number of carbonyl (C=O) groups is 2. The van der Waals surface area contributed by atoms with Crippen molar-refractivity contribution < 1.29 is 23.5 Å². The third kappa shape index (κ3) is 2.38. The van der Waals surface area contributed by atoms with Gasteiger partial charge in [-0.25, -0.2) is 13.6 Å². The van der Waals surface area contributed by atoms with Crippen molar-refractivity contribution in [2.75, 3.05) is 5.32 Å². The van der Waals surface area contributed by atoms with Crippen LogP contribution < -0.4 is 5.32 Å². The fourth-order valence-corrected chi connectivity index (χ4v) is 2.77. The van der Waals surface area contributed by atoms with Gasteiger partial charge in [-0.05, 0) is 26.0 Å². The van der Waals surface area contributed by atoms with Gasteiger partial charge in [-0.3, -0.25) is 14.8 Å². The maximum atomic E-state index is 13.7. The molecule has 0 radical (unpaired) electrons. The predicted molar refractivity (Wildman–Crippen MR) is 79.5 cm³/mol. The number of carbonyl (C=O) groups excluding carboxylic acids is 1. The summed E-state index contributed by atoms with van der Waals surface area (Å²) in [5.41, 5.74) is -0.100. The Morgan fingerprint density at radius 2 is 2.08 bits per heavy atom. The molecule has 1 aliphatic heterocycles. The van der Waals surface area contributed by atoms with E-state index in [-0.39, 0.29) is 17.9 Å². The van der Waals surface area contributed by atoms with Gasteiger partial charge in [0.1, 0.15) is 11.6 Å². The number of H-pyrrole nitrogens is 1. The summed E-state index contributed by atoms with van der Waals surface area (Å²) in [6.07, 6.45) is -1.11. The average Bonchev–Trinajstić information content (AvgIpc) is 2.98. The number of nitrogens with one attached hydrogen (secondary N) is 2. The lowest BCUT2D eigenvalue weighted by atomic mass is 10.0. The Labute approximate surface area is 135 Å². The minimum absolute atomic E-state index is 0.0374. The van der Waals surface area contributed by atoms with E-state index >= 15 is 0 Å². The van der Waals surface area contributed by atoms with Crippen LogP contribution in [0.2, 0.25) is 0 Å². The van der Waals surface area contributed by atoms with E-state index in [1.54, 1.807) is 13.8 Å². The molecule has 0 fully saturated rings. The van der Waals surface area contributed by atoms with E-state index in [0.29, 0.717) is 17.3 Å². The van der Waals surface area contributed by atoms with Gasteiger partial charge in [-0.15, -0.1) is 0 Å². The van der Waals surface area contributed by atoms with Gasteiger partial charge in [-0.2, -0.15) is 5.10 Å². The molecule has 3 N–H and O–H groups in total. The number of aromatic amines is 1. The zero-order valence-electron chi connectivity index (χ0n) is 12.9. The zero-order chi connectivity index (χ0) is 17.6. The minimum atomic E-state index is -1.11. The fourth-order valence-electron chi connectivity index (χ4n) is 2.77. The van der Waals surface area contributed by atoms with Crippen LogP contribution in [0.1, 0.15) is 35.5 Å². The lowest BCUT2D eigenvalue weighted by molar-refractivity contribution is 0.0978. The summed E-state index contributed by atoms with van der Waals surface area (Å²) in [4.78, 5) is 24.7. The molecule has 24 heavy (non-hydrogen) atoms. The first-order valence-electron chi connectivity index (χ1n) is 7.06. The van der Waals surface area contributed by atoms with E-state index in [1.807, 2.05) is 0 Å². The molecule has 1 aromatic heterocycles. The molecule has 0 bridgehead atoms. The highest BCUT2D eigenvalue weighted by atomic mass is 19.1. The number of anilines is 1. The summed E-state index contributed by atoms with van der Waals surface area (Å²) >= 11 is 0. The Balaban J connectivity index is 1.89. The van der Waals surface area contributed by atoms with Gasteiger partial charge in [0.15, 0.2) is 5.82 Å². The molecule has 0 saturated carbocycles. The monoisotopic (exact) mass is 336 g/mol. The van der Waals surface area contributed by atoms with Crippen molar-refractivity contribution in [1.82, 2.24) is 15.1 Å². The number of hydrogen-bond donors (Lipinski definition) is 3. The van der Waals surface area contributed by atoms with Crippen molar-refractivity contribution >= 4 is 17.8 Å².